The zero-order valence-corrected chi connectivity index (χ0v) is 8.15. The lowest BCUT2D eigenvalue weighted by Gasteiger charge is -2.23. The summed E-state index contributed by atoms with van der Waals surface area (Å²) in [5.41, 5.74) is 0. The van der Waals surface area contributed by atoms with Crippen LogP contribution in [0.4, 0.5) is 0 Å². The molecular weight excluding hydrogens is 182 g/mol. The van der Waals surface area contributed by atoms with Crippen molar-refractivity contribution in [1.82, 2.24) is 4.90 Å². The highest BCUT2D eigenvalue weighted by Gasteiger charge is 2.20. The molecule has 0 rings (SSSR count). The maximum Gasteiger partial charge on any atom is 0.326 e. The highest BCUT2D eigenvalue weighted by atomic mass is 32.1. The van der Waals surface area contributed by atoms with Crippen molar-refractivity contribution >= 4 is 35.1 Å². The Bertz CT molecular complexity index is 172. The second-order valence-electron chi connectivity index (χ2n) is 2.16. The molecule has 0 radical (unpaired) electrons. The summed E-state index contributed by atoms with van der Waals surface area (Å²) < 4.78 is 0.305. The SMILES string of the molecule is CCC(C(=O)O)N(C)C(=S)S. The van der Waals surface area contributed by atoms with Crippen LogP contribution < -0.4 is 0 Å². The average molecular weight is 193 g/mol. The maximum absolute atomic E-state index is 10.5. The van der Waals surface area contributed by atoms with Crippen LogP contribution in [0.25, 0.3) is 0 Å². The van der Waals surface area contributed by atoms with E-state index in [1.165, 1.54) is 4.90 Å². The number of hydrogen-bond donors (Lipinski definition) is 2. The first kappa shape index (κ1) is 10.7. The number of carbonyl (C=O) groups is 1. The van der Waals surface area contributed by atoms with E-state index in [4.69, 9.17) is 17.3 Å². The third-order valence-electron chi connectivity index (χ3n) is 1.44. The standard InChI is InChI=1S/C6H11NO2S2/c1-3-4(5(8)9)7(2)6(10)11/h4H,3H2,1-2H3,(H,8,9)(H,10,11). The normalized spacial score (nSPS) is 12.3. The minimum atomic E-state index is -0.869. The zero-order valence-electron chi connectivity index (χ0n) is 6.44. The van der Waals surface area contributed by atoms with Crippen LogP contribution in [0.2, 0.25) is 0 Å². The van der Waals surface area contributed by atoms with Crippen LogP contribution in [0.3, 0.4) is 0 Å². The van der Waals surface area contributed by atoms with E-state index in [0.29, 0.717) is 10.7 Å². The molecule has 5 heteroatoms. The van der Waals surface area contributed by atoms with Crippen molar-refractivity contribution in [3.8, 4) is 0 Å². The van der Waals surface area contributed by atoms with Crippen LogP contribution in [0, 0.1) is 0 Å². The van der Waals surface area contributed by atoms with Crippen molar-refractivity contribution in [2.45, 2.75) is 19.4 Å². The Kier molecular flexibility index (Phi) is 4.44. The molecule has 0 aliphatic rings. The monoisotopic (exact) mass is 193 g/mol. The molecule has 1 unspecified atom stereocenters. The average Bonchev–Trinajstić information content (AvgIpc) is 1.88. The van der Waals surface area contributed by atoms with Crippen LogP contribution >= 0.6 is 24.8 Å². The van der Waals surface area contributed by atoms with Crippen LogP contribution in [0.15, 0.2) is 0 Å². The van der Waals surface area contributed by atoms with Crippen LogP contribution in [-0.4, -0.2) is 33.4 Å². The predicted octanol–water partition coefficient (Wildman–Crippen LogP) is 0.996. The topological polar surface area (TPSA) is 40.5 Å². The molecular formula is C6H11NO2S2. The van der Waals surface area contributed by atoms with Crippen molar-refractivity contribution in [2.75, 3.05) is 7.05 Å². The van der Waals surface area contributed by atoms with E-state index in [-0.39, 0.29) is 0 Å². The lowest BCUT2D eigenvalue weighted by atomic mass is 10.2. The molecule has 0 bridgehead atoms. The molecule has 3 nitrogen and oxygen atoms in total. The number of hydrogen-bond acceptors (Lipinski definition) is 2. The Balaban J connectivity index is 4.25. The third-order valence-corrected chi connectivity index (χ3v) is 2.04. The van der Waals surface area contributed by atoms with Gasteiger partial charge in [-0.05, 0) is 6.42 Å². The summed E-state index contributed by atoms with van der Waals surface area (Å²) >= 11 is 8.58. The van der Waals surface area contributed by atoms with Crippen molar-refractivity contribution in [3.63, 3.8) is 0 Å². The fourth-order valence-corrected chi connectivity index (χ4v) is 1.01. The Hall–Kier alpha value is -0.290. The van der Waals surface area contributed by atoms with Gasteiger partial charge in [0, 0.05) is 7.05 Å². The minimum absolute atomic E-state index is 0.305. The quantitative estimate of drug-likeness (QED) is 0.518. The number of thiocarbonyl (C=S) groups is 1. The van der Waals surface area contributed by atoms with E-state index >= 15 is 0 Å². The number of aliphatic carboxylic acids is 1. The molecule has 0 saturated carbocycles. The van der Waals surface area contributed by atoms with E-state index in [1.54, 1.807) is 14.0 Å². The molecule has 0 heterocycles. The van der Waals surface area contributed by atoms with Gasteiger partial charge in [-0.25, -0.2) is 4.79 Å². The van der Waals surface area contributed by atoms with Crippen LogP contribution in [0.5, 0.6) is 0 Å². The molecule has 11 heavy (non-hydrogen) atoms. The Morgan fingerprint density at radius 1 is 1.82 bits per heavy atom. The fourth-order valence-electron chi connectivity index (χ4n) is 0.747. The summed E-state index contributed by atoms with van der Waals surface area (Å²) in [6, 6.07) is -0.556. The highest BCUT2D eigenvalue weighted by molar-refractivity contribution is 8.10. The molecule has 0 aliphatic carbocycles. The minimum Gasteiger partial charge on any atom is -0.480 e. The van der Waals surface area contributed by atoms with Gasteiger partial charge in [0.05, 0.1) is 0 Å². The van der Waals surface area contributed by atoms with Crippen molar-refractivity contribution in [3.05, 3.63) is 0 Å². The second-order valence-corrected chi connectivity index (χ2v) is 3.27. The fraction of sp³-hybridized carbons (Fsp3) is 0.667. The second kappa shape index (κ2) is 4.56. The Morgan fingerprint density at radius 3 is 2.36 bits per heavy atom. The van der Waals surface area contributed by atoms with E-state index in [9.17, 15) is 4.79 Å². The van der Waals surface area contributed by atoms with E-state index in [1.807, 2.05) is 0 Å². The van der Waals surface area contributed by atoms with E-state index < -0.39 is 12.0 Å². The first-order valence-corrected chi connectivity index (χ1v) is 4.04. The molecule has 0 aromatic carbocycles. The Labute approximate surface area is 76.8 Å². The summed E-state index contributed by atoms with van der Waals surface area (Å²) in [5, 5.41) is 8.66. The maximum atomic E-state index is 10.5. The van der Waals surface area contributed by atoms with Crippen LogP contribution in [0.1, 0.15) is 13.3 Å². The third kappa shape index (κ3) is 3.07. The smallest absolute Gasteiger partial charge is 0.326 e. The van der Waals surface area contributed by atoms with Gasteiger partial charge >= 0.3 is 5.97 Å². The molecule has 0 aromatic rings. The highest BCUT2D eigenvalue weighted by Crippen LogP contribution is 2.04. The van der Waals surface area contributed by atoms with Gasteiger partial charge in [-0.3, -0.25) is 0 Å². The molecule has 0 aliphatic heterocycles. The van der Waals surface area contributed by atoms with Gasteiger partial charge < -0.3 is 10.0 Å². The zero-order chi connectivity index (χ0) is 9.02. The number of nitrogens with zero attached hydrogens (tertiary/aromatic N) is 1. The lowest BCUT2D eigenvalue weighted by molar-refractivity contribution is -0.141. The van der Waals surface area contributed by atoms with Gasteiger partial charge in [-0.2, -0.15) is 0 Å². The molecule has 0 amide bonds. The van der Waals surface area contributed by atoms with Crippen LogP contribution in [-0.2, 0) is 4.79 Å². The molecule has 1 N–H and O–H groups in total. The summed E-state index contributed by atoms with van der Waals surface area (Å²) in [5.74, 6) is -0.869. The molecule has 0 saturated heterocycles. The molecule has 0 spiro atoms. The summed E-state index contributed by atoms with van der Waals surface area (Å²) in [6.07, 6.45) is 0.520. The molecule has 0 aromatic heterocycles. The van der Waals surface area contributed by atoms with Crippen molar-refractivity contribution in [2.24, 2.45) is 0 Å². The number of likely N-dealkylation sites (N-methyl/N-ethyl adjacent to an activating group) is 1. The largest absolute Gasteiger partial charge is 0.480 e. The van der Waals surface area contributed by atoms with Gasteiger partial charge in [-0.1, -0.05) is 19.1 Å². The first-order chi connectivity index (χ1) is 5.00. The molecule has 0 fully saturated rings. The summed E-state index contributed by atoms with van der Waals surface area (Å²) in [6.45, 7) is 1.79. The van der Waals surface area contributed by atoms with Crippen molar-refractivity contribution < 1.29 is 9.90 Å². The molecule has 64 valence electrons. The number of thiol groups is 1. The first-order valence-electron chi connectivity index (χ1n) is 3.19. The van der Waals surface area contributed by atoms with Gasteiger partial charge in [-0.15, -0.1) is 12.6 Å². The predicted molar refractivity (Wildman–Crippen MR) is 51.1 cm³/mol. The van der Waals surface area contributed by atoms with Gasteiger partial charge in [0.25, 0.3) is 0 Å². The number of carboxylic acid groups (broad SMARTS) is 1. The summed E-state index contributed by atoms with van der Waals surface area (Å²) in [7, 11) is 1.62. The van der Waals surface area contributed by atoms with Gasteiger partial charge in [0.15, 0.2) is 0 Å². The van der Waals surface area contributed by atoms with Gasteiger partial charge in [0.1, 0.15) is 10.4 Å². The number of rotatable bonds is 3. The lowest BCUT2D eigenvalue weighted by Crippen LogP contribution is -2.39. The number of carboxylic acids is 1. The van der Waals surface area contributed by atoms with E-state index in [0.717, 1.165) is 0 Å². The van der Waals surface area contributed by atoms with E-state index in [2.05, 4.69) is 12.6 Å². The molecule has 1 atom stereocenters. The van der Waals surface area contributed by atoms with Gasteiger partial charge in [0.2, 0.25) is 0 Å². The summed E-state index contributed by atoms with van der Waals surface area (Å²) in [4.78, 5) is 12.0. The Morgan fingerprint density at radius 2 is 2.27 bits per heavy atom. The van der Waals surface area contributed by atoms with Crippen molar-refractivity contribution in [1.29, 1.82) is 0 Å².